The van der Waals surface area contributed by atoms with E-state index in [0.717, 1.165) is 31.2 Å². The topological polar surface area (TPSA) is 87.7 Å². The van der Waals surface area contributed by atoms with E-state index in [4.69, 9.17) is 4.74 Å². The number of carbonyl (C=O) groups is 3. The molecule has 7 nitrogen and oxygen atoms in total. The van der Waals surface area contributed by atoms with Crippen molar-refractivity contribution in [3.8, 4) is 0 Å². The lowest BCUT2D eigenvalue weighted by atomic mass is 9.92. The Bertz CT molecular complexity index is 761. The maximum absolute atomic E-state index is 12.6. The van der Waals surface area contributed by atoms with Crippen molar-refractivity contribution in [2.75, 3.05) is 31.6 Å². The summed E-state index contributed by atoms with van der Waals surface area (Å²) in [7, 11) is 0. The zero-order chi connectivity index (χ0) is 22.6. The largest absolute Gasteiger partial charge is 0.463 e. The first kappa shape index (κ1) is 24.6. The number of unbranched alkanes of at least 4 members (excludes halogenated alkanes) is 1. The molecule has 2 amide bonds. The van der Waals surface area contributed by atoms with Gasteiger partial charge in [-0.2, -0.15) is 0 Å². The molecule has 1 saturated heterocycles. The molecule has 2 rings (SSSR count). The van der Waals surface area contributed by atoms with E-state index >= 15 is 0 Å². The number of nitrogens with one attached hydrogen (secondary N) is 2. The maximum atomic E-state index is 12.6. The third-order valence-corrected chi connectivity index (χ3v) is 5.45. The average Bonchev–Trinajstić information content (AvgIpc) is 2.75. The number of rotatable bonds is 10. The Balaban J connectivity index is 1.85. The third kappa shape index (κ3) is 8.53. The summed E-state index contributed by atoms with van der Waals surface area (Å²) < 4.78 is 4.85. The summed E-state index contributed by atoms with van der Waals surface area (Å²) in [6.45, 7) is 7.87. The van der Waals surface area contributed by atoms with Crippen molar-refractivity contribution in [2.24, 2.45) is 5.92 Å². The van der Waals surface area contributed by atoms with Crippen molar-refractivity contribution in [3.05, 3.63) is 35.9 Å². The van der Waals surface area contributed by atoms with Gasteiger partial charge < -0.3 is 15.4 Å². The molecule has 2 N–H and O–H groups in total. The van der Waals surface area contributed by atoms with E-state index in [0.29, 0.717) is 25.4 Å². The highest BCUT2D eigenvalue weighted by atomic mass is 16.5. The normalized spacial score (nSPS) is 19.2. The highest BCUT2D eigenvalue weighted by molar-refractivity contribution is 5.92. The molecule has 1 aliphatic rings. The second-order valence-corrected chi connectivity index (χ2v) is 7.95. The SMILES string of the molecule is CCCCNC(=O)C1CCC(C)N(CC(=O)Nc2ccc(/C=C/C(=O)OCC)cc2)C1. The van der Waals surface area contributed by atoms with Crippen LogP contribution in [-0.2, 0) is 19.1 Å². The summed E-state index contributed by atoms with van der Waals surface area (Å²) >= 11 is 0. The van der Waals surface area contributed by atoms with Crippen molar-refractivity contribution in [1.82, 2.24) is 10.2 Å². The first-order valence-electron chi connectivity index (χ1n) is 11.2. The number of carbonyl (C=O) groups excluding carboxylic acids is 3. The van der Waals surface area contributed by atoms with Gasteiger partial charge in [-0.15, -0.1) is 0 Å². The van der Waals surface area contributed by atoms with Crippen molar-refractivity contribution in [3.63, 3.8) is 0 Å². The summed E-state index contributed by atoms with van der Waals surface area (Å²) in [6.07, 6.45) is 6.85. The second-order valence-electron chi connectivity index (χ2n) is 7.95. The van der Waals surface area contributed by atoms with E-state index in [1.165, 1.54) is 6.08 Å². The number of likely N-dealkylation sites (tertiary alicyclic amines) is 1. The molecule has 0 saturated carbocycles. The van der Waals surface area contributed by atoms with Crippen LogP contribution in [0.3, 0.4) is 0 Å². The molecule has 7 heteroatoms. The van der Waals surface area contributed by atoms with Crippen LogP contribution in [0, 0.1) is 5.92 Å². The van der Waals surface area contributed by atoms with Gasteiger partial charge in [-0.1, -0.05) is 25.5 Å². The van der Waals surface area contributed by atoms with E-state index in [-0.39, 0.29) is 36.3 Å². The van der Waals surface area contributed by atoms with E-state index in [2.05, 4.69) is 29.4 Å². The summed E-state index contributed by atoms with van der Waals surface area (Å²) in [6, 6.07) is 7.51. The molecule has 31 heavy (non-hydrogen) atoms. The minimum Gasteiger partial charge on any atom is -0.463 e. The van der Waals surface area contributed by atoms with Crippen LogP contribution in [0.2, 0.25) is 0 Å². The number of piperidine rings is 1. The summed E-state index contributed by atoms with van der Waals surface area (Å²) in [5, 5.41) is 5.92. The molecule has 0 aliphatic carbocycles. The Hall–Kier alpha value is -2.67. The number of benzene rings is 1. The number of anilines is 1. The number of hydrogen-bond donors (Lipinski definition) is 2. The molecule has 1 fully saturated rings. The number of nitrogens with zero attached hydrogens (tertiary/aromatic N) is 1. The second kappa shape index (κ2) is 12.9. The zero-order valence-electron chi connectivity index (χ0n) is 18.9. The molecule has 1 aliphatic heterocycles. The van der Waals surface area contributed by atoms with Gasteiger partial charge in [0, 0.05) is 30.9 Å². The van der Waals surface area contributed by atoms with E-state index < -0.39 is 0 Å². The first-order valence-corrected chi connectivity index (χ1v) is 11.2. The molecule has 0 bridgehead atoms. The lowest BCUT2D eigenvalue weighted by Crippen LogP contribution is -2.49. The molecule has 2 unspecified atom stereocenters. The predicted molar refractivity (Wildman–Crippen MR) is 122 cm³/mol. The van der Waals surface area contributed by atoms with Gasteiger partial charge in [0.15, 0.2) is 0 Å². The summed E-state index contributed by atoms with van der Waals surface area (Å²) in [4.78, 5) is 38.4. The summed E-state index contributed by atoms with van der Waals surface area (Å²) in [5.41, 5.74) is 1.53. The van der Waals surface area contributed by atoms with Gasteiger partial charge >= 0.3 is 5.97 Å². The van der Waals surface area contributed by atoms with Crippen molar-refractivity contribution >= 4 is 29.5 Å². The van der Waals surface area contributed by atoms with Gasteiger partial charge in [0.2, 0.25) is 11.8 Å². The number of hydrogen-bond acceptors (Lipinski definition) is 5. The average molecular weight is 430 g/mol. The third-order valence-electron chi connectivity index (χ3n) is 5.45. The van der Waals surface area contributed by atoms with Gasteiger partial charge in [-0.3, -0.25) is 14.5 Å². The zero-order valence-corrected chi connectivity index (χ0v) is 18.9. The van der Waals surface area contributed by atoms with Crippen LogP contribution in [-0.4, -0.2) is 55.0 Å². The quantitative estimate of drug-likeness (QED) is 0.339. The number of ether oxygens (including phenoxy) is 1. The monoisotopic (exact) mass is 429 g/mol. The highest BCUT2D eigenvalue weighted by Gasteiger charge is 2.30. The van der Waals surface area contributed by atoms with Crippen LogP contribution in [0.5, 0.6) is 0 Å². The number of esters is 1. The van der Waals surface area contributed by atoms with Crippen LogP contribution >= 0.6 is 0 Å². The summed E-state index contributed by atoms with van der Waals surface area (Å²) in [5.74, 6) is -0.454. The molecular weight excluding hydrogens is 394 g/mol. The Morgan fingerprint density at radius 3 is 2.58 bits per heavy atom. The van der Waals surface area contributed by atoms with E-state index in [9.17, 15) is 14.4 Å². The van der Waals surface area contributed by atoms with Gasteiger partial charge in [-0.05, 0) is 56.9 Å². The molecule has 1 aromatic carbocycles. The minimum absolute atomic E-state index is 0.0636. The Morgan fingerprint density at radius 1 is 1.16 bits per heavy atom. The van der Waals surface area contributed by atoms with Gasteiger partial charge in [0.05, 0.1) is 19.1 Å². The van der Waals surface area contributed by atoms with E-state index in [1.54, 1.807) is 25.1 Å². The minimum atomic E-state index is -0.382. The molecule has 2 atom stereocenters. The number of amides is 2. The highest BCUT2D eigenvalue weighted by Crippen LogP contribution is 2.22. The lowest BCUT2D eigenvalue weighted by Gasteiger charge is -2.36. The molecule has 1 heterocycles. The maximum Gasteiger partial charge on any atom is 0.330 e. The van der Waals surface area contributed by atoms with Gasteiger partial charge in [-0.25, -0.2) is 4.79 Å². The van der Waals surface area contributed by atoms with E-state index in [1.807, 2.05) is 12.1 Å². The van der Waals surface area contributed by atoms with Crippen molar-refractivity contribution in [2.45, 2.75) is 52.5 Å². The molecule has 0 spiro atoms. The van der Waals surface area contributed by atoms with Crippen molar-refractivity contribution < 1.29 is 19.1 Å². The fourth-order valence-corrected chi connectivity index (χ4v) is 3.56. The van der Waals surface area contributed by atoms with Crippen LogP contribution in [0.25, 0.3) is 6.08 Å². The van der Waals surface area contributed by atoms with Crippen LogP contribution in [0.1, 0.15) is 52.0 Å². The lowest BCUT2D eigenvalue weighted by molar-refractivity contribution is -0.137. The first-order chi connectivity index (χ1) is 14.9. The fraction of sp³-hybridized carbons (Fsp3) is 0.542. The standard InChI is InChI=1S/C24H35N3O4/c1-4-6-15-25-24(30)20-11-7-18(3)27(16-20)17-22(28)26-21-12-8-19(9-13-21)10-14-23(29)31-5-2/h8-10,12-14,18,20H,4-7,11,15-17H2,1-3H3,(H,25,30)(H,26,28)/b14-10+. The smallest absolute Gasteiger partial charge is 0.330 e. The van der Waals surface area contributed by atoms with Gasteiger partial charge in [0.1, 0.15) is 0 Å². The van der Waals surface area contributed by atoms with Crippen molar-refractivity contribution in [1.29, 1.82) is 0 Å². The van der Waals surface area contributed by atoms with Crippen LogP contribution < -0.4 is 10.6 Å². The molecule has 0 radical (unpaired) electrons. The Morgan fingerprint density at radius 2 is 1.90 bits per heavy atom. The van der Waals surface area contributed by atoms with Crippen LogP contribution in [0.4, 0.5) is 5.69 Å². The molecule has 1 aromatic rings. The van der Waals surface area contributed by atoms with Crippen LogP contribution in [0.15, 0.2) is 30.3 Å². The van der Waals surface area contributed by atoms with Gasteiger partial charge in [0.25, 0.3) is 0 Å². The molecule has 170 valence electrons. The molecule has 0 aromatic heterocycles. The Labute approximate surface area is 185 Å². The fourth-order valence-electron chi connectivity index (χ4n) is 3.56. The predicted octanol–water partition coefficient (Wildman–Crippen LogP) is 3.22. The molecular formula is C24H35N3O4. The Kier molecular flexibility index (Phi) is 10.2.